The highest BCUT2D eigenvalue weighted by atomic mass is 16.4. The van der Waals surface area contributed by atoms with Crippen molar-refractivity contribution in [3.05, 3.63) is 11.1 Å². The number of carbonyl (C=O) groups is 3. The lowest BCUT2D eigenvalue weighted by Gasteiger charge is -2.67. The van der Waals surface area contributed by atoms with E-state index in [1.165, 1.54) is 44.1 Å². The summed E-state index contributed by atoms with van der Waals surface area (Å²) in [6, 6.07) is 0. The maximum Gasteiger partial charge on any atom is 0.306 e. The van der Waals surface area contributed by atoms with Gasteiger partial charge < -0.3 is 16.2 Å². The fourth-order valence-corrected chi connectivity index (χ4v) is 13.7. The zero-order valence-corrected chi connectivity index (χ0v) is 30.3. The van der Waals surface area contributed by atoms with Crippen LogP contribution in [0.4, 0.5) is 0 Å². The van der Waals surface area contributed by atoms with E-state index in [9.17, 15) is 19.5 Å². The molecule has 12 unspecified atom stereocenters. The van der Waals surface area contributed by atoms with Crippen molar-refractivity contribution in [1.29, 1.82) is 0 Å². The summed E-state index contributed by atoms with van der Waals surface area (Å²) in [5, 5.41) is 13.2. The molecule has 6 nitrogen and oxygen atoms in total. The molecule has 0 spiro atoms. The molecule has 7 aliphatic rings. The van der Waals surface area contributed by atoms with E-state index in [4.69, 9.17) is 5.73 Å². The summed E-state index contributed by atoms with van der Waals surface area (Å²) in [6.07, 6.45) is 15.0. The third-order valence-electron chi connectivity index (χ3n) is 16.6. The van der Waals surface area contributed by atoms with Crippen molar-refractivity contribution in [2.75, 3.05) is 13.1 Å². The number of aliphatic carboxylic acids is 1. The number of carboxylic acids is 1. The van der Waals surface area contributed by atoms with Crippen molar-refractivity contribution >= 4 is 17.5 Å². The number of carboxylic acid groups (broad SMARTS) is 1. The number of hydrogen-bond donors (Lipinski definition) is 3. The number of fused-ring (bicyclic) bond motifs is 7. The summed E-state index contributed by atoms with van der Waals surface area (Å²) in [5.41, 5.74) is 9.85. The van der Waals surface area contributed by atoms with Crippen LogP contribution in [0.2, 0.25) is 0 Å². The summed E-state index contributed by atoms with van der Waals surface area (Å²) in [4.78, 5) is 38.7. The molecule has 6 fully saturated rings. The van der Waals surface area contributed by atoms with Crippen LogP contribution in [-0.4, -0.2) is 41.3 Å². The monoisotopic (exact) mass is 648 g/mol. The van der Waals surface area contributed by atoms with Crippen molar-refractivity contribution in [2.45, 2.75) is 137 Å². The Morgan fingerprint density at radius 1 is 0.915 bits per heavy atom. The number of Topliss-reactive ketones (excluding diaryl/α,β-unsaturated/α-hetero) is 2. The topological polar surface area (TPSA) is 109 Å². The number of hydrogen-bond acceptors (Lipinski definition) is 5. The van der Waals surface area contributed by atoms with Gasteiger partial charge in [0.15, 0.2) is 5.78 Å². The first kappa shape index (κ1) is 33.9. The molecule has 0 heterocycles. The van der Waals surface area contributed by atoms with Gasteiger partial charge in [-0.05, 0) is 147 Å². The smallest absolute Gasteiger partial charge is 0.306 e. The Bertz CT molecular complexity index is 1330. The molecule has 0 radical (unpaired) electrons. The molecule has 0 aromatic carbocycles. The minimum absolute atomic E-state index is 0.0113. The second kappa shape index (κ2) is 11.8. The molecular formula is C41H64N2O4. The predicted octanol–water partition coefficient (Wildman–Crippen LogP) is 7.59. The van der Waals surface area contributed by atoms with Crippen molar-refractivity contribution in [1.82, 2.24) is 5.32 Å². The lowest BCUT2D eigenvalue weighted by Crippen LogP contribution is -2.60. The van der Waals surface area contributed by atoms with Crippen LogP contribution in [-0.2, 0) is 14.4 Å². The lowest BCUT2D eigenvalue weighted by molar-refractivity contribution is -0.172. The van der Waals surface area contributed by atoms with Crippen molar-refractivity contribution in [3.63, 3.8) is 0 Å². The van der Waals surface area contributed by atoms with Crippen LogP contribution >= 0.6 is 0 Å². The largest absolute Gasteiger partial charge is 0.481 e. The predicted molar refractivity (Wildman–Crippen MR) is 185 cm³/mol. The van der Waals surface area contributed by atoms with E-state index in [0.717, 1.165) is 51.6 Å². The summed E-state index contributed by atoms with van der Waals surface area (Å²) in [5.74, 6) is 3.40. The van der Waals surface area contributed by atoms with Crippen molar-refractivity contribution < 1.29 is 19.5 Å². The van der Waals surface area contributed by atoms with Crippen LogP contribution in [0.5, 0.6) is 0 Å². The first-order valence-corrected chi connectivity index (χ1v) is 19.7. The molecule has 0 amide bonds. The molecule has 262 valence electrons. The van der Waals surface area contributed by atoms with Gasteiger partial charge in [0.05, 0.1) is 5.92 Å². The zero-order valence-electron chi connectivity index (χ0n) is 30.3. The standard InChI is InChI=1S/C41H64N2O4/c1-23(2)35-33(45)21-40(17-18-43-22-41(42)15-16-41)14-11-31-27(36(35)40)7-8-34-38(5)12-9-26(24(3)30(38)10-13-39(31,34)6)19-32(44)28-20-29(25(28)4)37(46)47/h23-31,34,43H,7-22,42H2,1-6H3,(H,46,47). The minimum atomic E-state index is -0.742. The number of nitrogens with one attached hydrogen (secondary N) is 1. The summed E-state index contributed by atoms with van der Waals surface area (Å²) < 4.78 is 0. The van der Waals surface area contributed by atoms with Gasteiger partial charge in [-0.15, -0.1) is 0 Å². The van der Waals surface area contributed by atoms with Crippen molar-refractivity contribution in [2.24, 2.45) is 81.2 Å². The Morgan fingerprint density at radius 2 is 1.60 bits per heavy atom. The van der Waals surface area contributed by atoms with Gasteiger partial charge >= 0.3 is 5.97 Å². The first-order valence-electron chi connectivity index (χ1n) is 19.7. The van der Waals surface area contributed by atoms with E-state index in [0.29, 0.717) is 76.7 Å². The van der Waals surface area contributed by atoms with Crippen molar-refractivity contribution in [3.8, 4) is 0 Å². The van der Waals surface area contributed by atoms with E-state index in [1.807, 2.05) is 6.92 Å². The van der Waals surface area contributed by atoms with Crippen LogP contribution in [0.3, 0.4) is 0 Å². The van der Waals surface area contributed by atoms with Gasteiger partial charge in [-0.2, -0.15) is 0 Å². The van der Waals surface area contributed by atoms with Crippen LogP contribution in [0.1, 0.15) is 131 Å². The number of rotatable bonds is 10. The van der Waals surface area contributed by atoms with E-state index in [1.54, 1.807) is 5.57 Å². The van der Waals surface area contributed by atoms with E-state index in [2.05, 4.69) is 39.9 Å². The second-order valence-corrected chi connectivity index (χ2v) is 19.2. The maximum absolute atomic E-state index is 13.8. The number of carbonyl (C=O) groups excluding carboxylic acids is 2. The molecule has 6 saturated carbocycles. The van der Waals surface area contributed by atoms with Crippen LogP contribution in [0, 0.1) is 75.4 Å². The van der Waals surface area contributed by atoms with Crippen LogP contribution in [0.25, 0.3) is 0 Å². The van der Waals surface area contributed by atoms with Gasteiger partial charge in [0.2, 0.25) is 0 Å². The molecule has 0 aromatic heterocycles. The average Bonchev–Trinajstić information content (AvgIpc) is 3.64. The summed E-state index contributed by atoms with van der Waals surface area (Å²) in [7, 11) is 0. The number of ketones is 2. The fraction of sp³-hybridized carbons (Fsp3) is 0.878. The molecule has 6 heteroatoms. The fourth-order valence-electron chi connectivity index (χ4n) is 13.7. The molecule has 7 aliphatic carbocycles. The first-order chi connectivity index (χ1) is 22.1. The SMILES string of the molecule is CC(C)C1=C2C3CCC4C(C)(CCC5C(C)C(CC(=O)C6CC(C(=O)O)C6C)CCC54C)C3CCC2(CCNCC2(N)CC2)CC1=O. The number of allylic oxidation sites excluding steroid dienone is 2. The van der Waals surface area contributed by atoms with Crippen LogP contribution < -0.4 is 11.1 Å². The Morgan fingerprint density at radius 3 is 2.26 bits per heavy atom. The molecular weight excluding hydrogens is 584 g/mol. The summed E-state index contributed by atoms with van der Waals surface area (Å²) >= 11 is 0. The molecule has 0 bridgehead atoms. The highest BCUT2D eigenvalue weighted by Crippen LogP contribution is 2.72. The highest BCUT2D eigenvalue weighted by Gasteiger charge is 2.64. The quantitative estimate of drug-likeness (QED) is 0.211. The highest BCUT2D eigenvalue weighted by molar-refractivity contribution is 6.00. The minimum Gasteiger partial charge on any atom is -0.481 e. The normalized spacial score (nSPS) is 46.6. The Balaban J connectivity index is 1.07. The number of nitrogens with two attached hydrogens (primary N) is 1. The Kier molecular flexibility index (Phi) is 8.51. The molecule has 7 rings (SSSR count). The van der Waals surface area contributed by atoms with E-state index in [-0.39, 0.29) is 28.7 Å². The third-order valence-corrected chi connectivity index (χ3v) is 16.6. The lowest BCUT2D eigenvalue weighted by atomic mass is 9.37. The molecule has 0 aromatic rings. The maximum atomic E-state index is 13.8. The average molecular weight is 649 g/mol. The molecule has 0 saturated heterocycles. The third kappa shape index (κ3) is 5.35. The molecule has 12 atom stereocenters. The van der Waals surface area contributed by atoms with Gasteiger partial charge in [-0.1, -0.05) is 47.1 Å². The van der Waals surface area contributed by atoms with Gasteiger partial charge in [-0.3, -0.25) is 14.4 Å². The molecule has 0 aliphatic heterocycles. The van der Waals surface area contributed by atoms with Gasteiger partial charge in [0, 0.05) is 36.3 Å². The Labute approximate surface area is 284 Å². The summed E-state index contributed by atoms with van der Waals surface area (Å²) in [6.45, 7) is 16.1. The van der Waals surface area contributed by atoms with Gasteiger partial charge in [-0.25, -0.2) is 0 Å². The molecule has 4 N–H and O–H groups in total. The van der Waals surface area contributed by atoms with Gasteiger partial charge in [0.1, 0.15) is 5.78 Å². The van der Waals surface area contributed by atoms with E-state index >= 15 is 0 Å². The molecule has 47 heavy (non-hydrogen) atoms. The second-order valence-electron chi connectivity index (χ2n) is 19.2. The van der Waals surface area contributed by atoms with E-state index < -0.39 is 5.97 Å². The Hall–Kier alpha value is -1.53. The zero-order chi connectivity index (χ0) is 33.7. The van der Waals surface area contributed by atoms with Gasteiger partial charge in [0.25, 0.3) is 0 Å². The van der Waals surface area contributed by atoms with Crippen LogP contribution in [0.15, 0.2) is 11.1 Å².